The molecule has 0 aromatic rings. The van der Waals surface area contributed by atoms with Gasteiger partial charge in [0.25, 0.3) is 0 Å². The van der Waals surface area contributed by atoms with Crippen molar-refractivity contribution >= 4 is 5.97 Å². The van der Waals surface area contributed by atoms with Crippen LogP contribution in [0.2, 0.25) is 0 Å². The molecule has 0 heterocycles. The second-order valence-corrected chi connectivity index (χ2v) is 5.01. The number of nitrogens with one attached hydrogen (secondary N) is 1. The molecule has 6 nitrogen and oxygen atoms in total. The predicted molar refractivity (Wildman–Crippen MR) is 61.2 cm³/mol. The highest BCUT2D eigenvalue weighted by Gasteiger charge is 2.45. The standard InChI is InChI=1S/C11H19N3O3/c12-9(8(14-13)10(15)16)17-7-1-3-11(4-2-7)5-6-11/h7,14H,1-6,12-13H2,(H,15,16)/b9-8+. The number of hydrogen-bond donors (Lipinski definition) is 4. The molecule has 0 bridgehead atoms. The number of carboxylic acid groups (broad SMARTS) is 1. The minimum Gasteiger partial charge on any atom is -0.476 e. The molecule has 1 spiro atoms. The topological polar surface area (TPSA) is 111 Å². The van der Waals surface area contributed by atoms with E-state index in [4.69, 9.17) is 21.4 Å². The van der Waals surface area contributed by atoms with Gasteiger partial charge in [-0.2, -0.15) is 0 Å². The van der Waals surface area contributed by atoms with Gasteiger partial charge in [-0.3, -0.25) is 5.84 Å². The van der Waals surface area contributed by atoms with Gasteiger partial charge < -0.3 is 21.0 Å². The first-order valence-corrected chi connectivity index (χ1v) is 5.93. The lowest BCUT2D eigenvalue weighted by Crippen LogP contribution is -2.33. The number of rotatable bonds is 4. The quantitative estimate of drug-likeness (QED) is 0.245. The Morgan fingerprint density at radius 2 is 1.88 bits per heavy atom. The van der Waals surface area contributed by atoms with Crippen molar-refractivity contribution in [2.45, 2.75) is 44.6 Å². The van der Waals surface area contributed by atoms with Crippen molar-refractivity contribution in [1.82, 2.24) is 5.43 Å². The molecule has 17 heavy (non-hydrogen) atoms. The van der Waals surface area contributed by atoms with Gasteiger partial charge in [-0.05, 0) is 43.9 Å². The van der Waals surface area contributed by atoms with E-state index in [2.05, 4.69) is 0 Å². The van der Waals surface area contributed by atoms with E-state index in [0.29, 0.717) is 5.41 Å². The molecular weight excluding hydrogens is 222 g/mol. The Bertz CT molecular complexity index is 340. The largest absolute Gasteiger partial charge is 0.476 e. The molecule has 0 saturated heterocycles. The number of nitrogens with two attached hydrogens (primary N) is 2. The maximum absolute atomic E-state index is 10.8. The summed E-state index contributed by atoms with van der Waals surface area (Å²) in [5.41, 5.74) is 7.93. The number of hydrazine groups is 1. The van der Waals surface area contributed by atoms with Crippen LogP contribution in [0.5, 0.6) is 0 Å². The van der Waals surface area contributed by atoms with Crippen molar-refractivity contribution < 1.29 is 14.6 Å². The lowest BCUT2D eigenvalue weighted by atomic mass is 9.85. The molecule has 2 rings (SSSR count). The van der Waals surface area contributed by atoms with E-state index in [0.717, 1.165) is 25.7 Å². The van der Waals surface area contributed by atoms with Crippen LogP contribution in [0.4, 0.5) is 0 Å². The molecule has 0 amide bonds. The zero-order chi connectivity index (χ0) is 12.5. The van der Waals surface area contributed by atoms with Crippen molar-refractivity contribution in [3.05, 3.63) is 11.6 Å². The molecule has 6 heteroatoms. The highest BCUT2D eigenvalue weighted by atomic mass is 16.5. The van der Waals surface area contributed by atoms with Crippen LogP contribution in [0.15, 0.2) is 11.6 Å². The van der Waals surface area contributed by atoms with Crippen molar-refractivity contribution in [3.63, 3.8) is 0 Å². The van der Waals surface area contributed by atoms with Crippen LogP contribution in [0.25, 0.3) is 0 Å². The maximum atomic E-state index is 10.8. The molecule has 2 fully saturated rings. The molecule has 96 valence electrons. The van der Waals surface area contributed by atoms with Gasteiger partial charge in [-0.25, -0.2) is 4.79 Å². The second kappa shape index (κ2) is 4.44. The van der Waals surface area contributed by atoms with Crippen LogP contribution in [-0.4, -0.2) is 17.2 Å². The molecular formula is C11H19N3O3. The monoisotopic (exact) mass is 241 g/mol. The molecule has 0 aromatic heterocycles. The Balaban J connectivity index is 1.90. The summed E-state index contributed by atoms with van der Waals surface area (Å²) in [5.74, 6) is 3.75. The van der Waals surface area contributed by atoms with E-state index in [9.17, 15) is 4.79 Å². The SMILES string of the molecule is NN/C(C(=O)O)=C(\N)OC1CCC2(CC1)CC2. The van der Waals surface area contributed by atoms with Gasteiger partial charge in [0.1, 0.15) is 6.10 Å². The minimum atomic E-state index is -1.21. The van der Waals surface area contributed by atoms with Gasteiger partial charge in [0.05, 0.1) is 0 Å². The Morgan fingerprint density at radius 1 is 1.29 bits per heavy atom. The van der Waals surface area contributed by atoms with Gasteiger partial charge in [-0.1, -0.05) is 0 Å². The molecule has 0 atom stereocenters. The third-order valence-corrected chi connectivity index (χ3v) is 3.85. The second-order valence-electron chi connectivity index (χ2n) is 5.01. The first-order valence-electron chi connectivity index (χ1n) is 5.93. The average Bonchev–Trinajstić information content (AvgIpc) is 3.02. The van der Waals surface area contributed by atoms with Crippen molar-refractivity contribution in [1.29, 1.82) is 0 Å². The lowest BCUT2D eigenvalue weighted by Gasteiger charge is -2.29. The Labute approximate surface area is 100.0 Å². The molecule has 0 aromatic carbocycles. The van der Waals surface area contributed by atoms with Crippen LogP contribution < -0.4 is 17.0 Å². The summed E-state index contributed by atoms with van der Waals surface area (Å²) in [6, 6.07) is 0. The molecule has 6 N–H and O–H groups in total. The first kappa shape index (κ1) is 12.0. The van der Waals surface area contributed by atoms with Crippen molar-refractivity contribution in [2.75, 3.05) is 0 Å². The van der Waals surface area contributed by atoms with Crippen LogP contribution in [0.1, 0.15) is 38.5 Å². The normalized spacial score (nSPS) is 24.1. The molecule has 2 aliphatic rings. The smallest absolute Gasteiger partial charge is 0.358 e. The van der Waals surface area contributed by atoms with E-state index in [1.165, 1.54) is 12.8 Å². The van der Waals surface area contributed by atoms with Crippen LogP contribution in [-0.2, 0) is 9.53 Å². The van der Waals surface area contributed by atoms with E-state index in [1.807, 2.05) is 5.43 Å². The zero-order valence-corrected chi connectivity index (χ0v) is 9.74. The van der Waals surface area contributed by atoms with E-state index < -0.39 is 5.97 Å². The fourth-order valence-corrected chi connectivity index (χ4v) is 2.48. The predicted octanol–water partition coefficient (Wildman–Crippen LogP) is 0.401. The molecule has 0 radical (unpaired) electrons. The summed E-state index contributed by atoms with van der Waals surface area (Å²) in [6.07, 6.45) is 6.87. The average molecular weight is 241 g/mol. The maximum Gasteiger partial charge on any atom is 0.358 e. The van der Waals surface area contributed by atoms with Crippen molar-refractivity contribution in [3.8, 4) is 0 Å². The fraction of sp³-hybridized carbons (Fsp3) is 0.727. The number of aliphatic carboxylic acids is 1. The summed E-state index contributed by atoms with van der Waals surface area (Å²) in [7, 11) is 0. The zero-order valence-electron chi connectivity index (χ0n) is 9.74. The molecule has 0 aliphatic heterocycles. The van der Waals surface area contributed by atoms with Gasteiger partial charge in [0, 0.05) is 0 Å². The fourth-order valence-electron chi connectivity index (χ4n) is 2.48. The summed E-state index contributed by atoms with van der Waals surface area (Å²) >= 11 is 0. The van der Waals surface area contributed by atoms with Crippen LogP contribution >= 0.6 is 0 Å². The Morgan fingerprint density at radius 3 is 2.29 bits per heavy atom. The van der Waals surface area contributed by atoms with Gasteiger partial charge in [0.15, 0.2) is 5.70 Å². The van der Waals surface area contributed by atoms with E-state index in [1.54, 1.807) is 0 Å². The number of carboxylic acids is 1. The molecule has 0 unspecified atom stereocenters. The summed E-state index contributed by atoms with van der Waals surface area (Å²) in [6.45, 7) is 0. The third-order valence-electron chi connectivity index (χ3n) is 3.85. The molecule has 2 aliphatic carbocycles. The number of hydrogen-bond acceptors (Lipinski definition) is 5. The van der Waals surface area contributed by atoms with Gasteiger partial charge >= 0.3 is 5.97 Å². The summed E-state index contributed by atoms with van der Waals surface area (Å²) < 4.78 is 5.46. The minimum absolute atomic E-state index is 0.0175. The Hall–Kier alpha value is -1.43. The number of carbonyl (C=O) groups is 1. The third kappa shape index (κ3) is 2.63. The van der Waals surface area contributed by atoms with Gasteiger partial charge in [-0.15, -0.1) is 0 Å². The number of ether oxygens (including phenoxy) is 1. The highest BCUT2D eigenvalue weighted by molar-refractivity contribution is 5.86. The van der Waals surface area contributed by atoms with Crippen molar-refractivity contribution in [2.24, 2.45) is 17.0 Å². The summed E-state index contributed by atoms with van der Waals surface area (Å²) in [4.78, 5) is 10.8. The van der Waals surface area contributed by atoms with E-state index in [-0.39, 0.29) is 17.7 Å². The first-order chi connectivity index (χ1) is 8.06. The summed E-state index contributed by atoms with van der Waals surface area (Å²) in [5, 5.41) is 8.81. The van der Waals surface area contributed by atoms with Crippen LogP contribution in [0.3, 0.4) is 0 Å². The van der Waals surface area contributed by atoms with Gasteiger partial charge in [0.2, 0.25) is 5.88 Å². The van der Waals surface area contributed by atoms with Crippen LogP contribution in [0, 0.1) is 5.41 Å². The lowest BCUT2D eigenvalue weighted by molar-refractivity contribution is -0.133. The Kier molecular flexibility index (Phi) is 3.15. The van der Waals surface area contributed by atoms with E-state index >= 15 is 0 Å². The molecule has 2 saturated carbocycles. The highest BCUT2D eigenvalue weighted by Crippen LogP contribution is 2.56.